The monoisotopic (exact) mass is 462 g/mol. The molecule has 2 aromatic heterocycles. The van der Waals surface area contributed by atoms with Crippen molar-refractivity contribution in [3.05, 3.63) is 53.5 Å². The zero-order valence-corrected chi connectivity index (χ0v) is 20.7. The fourth-order valence-corrected chi connectivity index (χ4v) is 3.78. The second kappa shape index (κ2) is 9.59. The van der Waals surface area contributed by atoms with E-state index < -0.39 is 0 Å². The van der Waals surface area contributed by atoms with E-state index in [9.17, 15) is 0 Å². The van der Waals surface area contributed by atoms with Crippen LogP contribution in [0.5, 0.6) is 28.9 Å². The maximum Gasteiger partial charge on any atom is 0.249 e. The van der Waals surface area contributed by atoms with E-state index >= 15 is 0 Å². The van der Waals surface area contributed by atoms with Crippen LogP contribution < -0.4 is 18.9 Å². The van der Waals surface area contributed by atoms with Crippen LogP contribution in [0.4, 0.5) is 0 Å². The molecule has 4 rings (SSSR count). The molecule has 0 aliphatic rings. The van der Waals surface area contributed by atoms with Gasteiger partial charge in [-0.1, -0.05) is 43.7 Å². The number of hydrogen-bond donors (Lipinski definition) is 0. The van der Waals surface area contributed by atoms with Gasteiger partial charge in [0, 0.05) is 23.6 Å². The van der Waals surface area contributed by atoms with Crippen LogP contribution in [0.3, 0.4) is 0 Å². The molecule has 8 nitrogen and oxygen atoms in total. The van der Waals surface area contributed by atoms with Gasteiger partial charge in [-0.2, -0.15) is 4.98 Å². The molecule has 2 heterocycles. The minimum atomic E-state index is 0.219. The Labute approximate surface area is 199 Å². The highest BCUT2D eigenvalue weighted by Gasteiger charge is 2.22. The number of ether oxygens (including phenoxy) is 4. The first kappa shape index (κ1) is 23.4. The molecule has 0 N–H and O–H groups in total. The molecule has 0 fully saturated rings. The van der Waals surface area contributed by atoms with Crippen molar-refractivity contribution in [1.29, 1.82) is 0 Å². The molecule has 1 atom stereocenters. The van der Waals surface area contributed by atoms with Gasteiger partial charge in [-0.15, -0.1) is 5.10 Å². The largest absolute Gasteiger partial charge is 0.493 e. The number of benzene rings is 2. The minimum Gasteiger partial charge on any atom is -0.493 e. The number of nitrogens with zero attached hydrogens (tertiary/aromatic N) is 4. The molecule has 0 amide bonds. The third kappa shape index (κ3) is 4.23. The average molecular weight is 463 g/mol. The summed E-state index contributed by atoms with van der Waals surface area (Å²) >= 11 is 0. The van der Waals surface area contributed by atoms with Crippen LogP contribution in [0.1, 0.15) is 43.3 Å². The first-order chi connectivity index (χ1) is 16.4. The van der Waals surface area contributed by atoms with Crippen molar-refractivity contribution >= 4 is 5.52 Å². The summed E-state index contributed by atoms with van der Waals surface area (Å²) in [6.07, 6.45) is 0.936. The van der Waals surface area contributed by atoms with Gasteiger partial charge >= 0.3 is 0 Å². The van der Waals surface area contributed by atoms with Gasteiger partial charge in [-0.3, -0.25) is 0 Å². The molecule has 4 aromatic rings. The predicted molar refractivity (Wildman–Crippen MR) is 131 cm³/mol. The third-order valence-electron chi connectivity index (χ3n) is 5.87. The number of aromatic nitrogens is 4. The van der Waals surface area contributed by atoms with Crippen LogP contribution in [0.15, 0.2) is 36.4 Å². The predicted octanol–water partition coefficient (Wildman–Crippen LogP) is 5.74. The number of hydrogen-bond acceptors (Lipinski definition) is 7. The number of aryl methyl sites for hydroxylation is 2. The lowest BCUT2D eigenvalue weighted by Crippen LogP contribution is -2.07. The Morgan fingerprint density at radius 2 is 1.56 bits per heavy atom. The first-order valence-electron chi connectivity index (χ1n) is 11.2. The Morgan fingerprint density at radius 1 is 0.912 bits per heavy atom. The zero-order valence-electron chi connectivity index (χ0n) is 20.7. The normalized spacial score (nSPS) is 12.0. The van der Waals surface area contributed by atoms with Crippen molar-refractivity contribution in [2.45, 2.75) is 40.0 Å². The lowest BCUT2D eigenvalue weighted by molar-refractivity contribution is 0.320. The highest BCUT2D eigenvalue weighted by atomic mass is 16.5. The van der Waals surface area contributed by atoms with Gasteiger partial charge in [0.2, 0.25) is 11.6 Å². The maximum atomic E-state index is 6.34. The SMILES string of the molecule is CCC(C)c1nc(C)c2c(Oc3cc(OC)c(OC)c(OC)c3)nc(-c3ccc(C)cc3)nn12. The van der Waals surface area contributed by atoms with E-state index in [2.05, 4.69) is 13.8 Å². The van der Waals surface area contributed by atoms with E-state index in [1.54, 1.807) is 33.5 Å². The van der Waals surface area contributed by atoms with Gasteiger partial charge in [0.15, 0.2) is 22.8 Å². The van der Waals surface area contributed by atoms with Crippen LogP contribution in [0, 0.1) is 13.8 Å². The summed E-state index contributed by atoms with van der Waals surface area (Å²) in [5.41, 5.74) is 3.58. The van der Waals surface area contributed by atoms with Crippen LogP contribution in [-0.2, 0) is 0 Å². The smallest absolute Gasteiger partial charge is 0.249 e. The van der Waals surface area contributed by atoms with Gasteiger partial charge < -0.3 is 18.9 Å². The molecule has 0 spiro atoms. The van der Waals surface area contributed by atoms with E-state index in [0.29, 0.717) is 34.7 Å². The summed E-state index contributed by atoms with van der Waals surface area (Å²) in [4.78, 5) is 9.62. The molecule has 0 saturated heterocycles. The standard InChI is InChI=1S/C26H30N4O4/c1-8-16(3)25-27-17(4)22-26(28-24(29-30(22)25)18-11-9-15(2)10-12-18)34-19-13-20(31-5)23(33-7)21(14-19)32-6/h9-14,16H,8H2,1-7H3. The van der Waals surface area contributed by atoms with E-state index in [0.717, 1.165) is 34.6 Å². The average Bonchev–Trinajstić information content (AvgIpc) is 3.19. The molecular formula is C26H30N4O4. The van der Waals surface area contributed by atoms with E-state index in [-0.39, 0.29) is 5.92 Å². The number of imidazole rings is 1. The Morgan fingerprint density at radius 3 is 2.12 bits per heavy atom. The van der Waals surface area contributed by atoms with Gasteiger partial charge in [0.1, 0.15) is 11.6 Å². The Balaban J connectivity index is 1.92. The van der Waals surface area contributed by atoms with Crippen molar-refractivity contribution in [2.75, 3.05) is 21.3 Å². The first-order valence-corrected chi connectivity index (χ1v) is 11.2. The van der Waals surface area contributed by atoms with Gasteiger partial charge in [0.25, 0.3) is 0 Å². The Kier molecular flexibility index (Phi) is 6.58. The topological polar surface area (TPSA) is 80.0 Å². The van der Waals surface area contributed by atoms with Crippen LogP contribution in [0.2, 0.25) is 0 Å². The molecule has 0 bridgehead atoms. The summed E-state index contributed by atoms with van der Waals surface area (Å²) in [6.45, 7) is 8.27. The summed E-state index contributed by atoms with van der Waals surface area (Å²) in [6, 6.07) is 11.6. The number of methoxy groups -OCH3 is 3. The second-order valence-corrected chi connectivity index (χ2v) is 8.19. The fourth-order valence-electron chi connectivity index (χ4n) is 3.78. The lowest BCUT2D eigenvalue weighted by atomic mass is 10.1. The summed E-state index contributed by atoms with van der Waals surface area (Å²) in [7, 11) is 4.70. The molecule has 0 aliphatic heterocycles. The second-order valence-electron chi connectivity index (χ2n) is 8.19. The van der Waals surface area contributed by atoms with Crippen molar-refractivity contribution in [1.82, 2.24) is 19.6 Å². The molecule has 0 aliphatic carbocycles. The quantitative estimate of drug-likeness (QED) is 0.330. The minimum absolute atomic E-state index is 0.219. The van der Waals surface area contributed by atoms with E-state index in [1.165, 1.54) is 0 Å². The van der Waals surface area contributed by atoms with E-state index in [4.69, 9.17) is 34.0 Å². The zero-order chi connectivity index (χ0) is 24.4. The van der Waals surface area contributed by atoms with Crippen LogP contribution >= 0.6 is 0 Å². The van der Waals surface area contributed by atoms with Crippen molar-refractivity contribution in [3.63, 3.8) is 0 Å². The number of fused-ring (bicyclic) bond motifs is 1. The number of rotatable bonds is 8. The molecule has 178 valence electrons. The van der Waals surface area contributed by atoms with Gasteiger partial charge in [-0.05, 0) is 20.3 Å². The molecule has 0 saturated carbocycles. The lowest BCUT2D eigenvalue weighted by Gasteiger charge is -2.15. The maximum absolute atomic E-state index is 6.34. The summed E-state index contributed by atoms with van der Waals surface area (Å²) < 4.78 is 24.6. The highest BCUT2D eigenvalue weighted by molar-refractivity contribution is 5.66. The van der Waals surface area contributed by atoms with Crippen LogP contribution in [-0.4, -0.2) is 40.9 Å². The molecule has 0 radical (unpaired) electrons. The fraction of sp³-hybridized carbons (Fsp3) is 0.346. The summed E-state index contributed by atoms with van der Waals surface area (Å²) in [5.74, 6) is 4.02. The molecule has 34 heavy (non-hydrogen) atoms. The molecular weight excluding hydrogens is 432 g/mol. The van der Waals surface area contributed by atoms with Crippen molar-refractivity contribution in [3.8, 4) is 40.3 Å². The Bertz CT molecular complexity index is 1290. The van der Waals surface area contributed by atoms with Crippen molar-refractivity contribution in [2.24, 2.45) is 0 Å². The van der Waals surface area contributed by atoms with Gasteiger partial charge in [-0.25, -0.2) is 9.50 Å². The van der Waals surface area contributed by atoms with Crippen molar-refractivity contribution < 1.29 is 18.9 Å². The molecule has 8 heteroatoms. The third-order valence-corrected chi connectivity index (χ3v) is 5.87. The summed E-state index contributed by atoms with van der Waals surface area (Å²) in [5, 5.41) is 4.86. The van der Waals surface area contributed by atoms with E-state index in [1.807, 2.05) is 42.6 Å². The van der Waals surface area contributed by atoms with Crippen LogP contribution in [0.25, 0.3) is 16.9 Å². The molecule has 1 unspecified atom stereocenters. The Hall–Kier alpha value is -3.81. The molecule has 2 aromatic carbocycles. The highest BCUT2D eigenvalue weighted by Crippen LogP contribution is 2.42. The van der Waals surface area contributed by atoms with Gasteiger partial charge in [0.05, 0.1) is 27.0 Å².